The lowest BCUT2D eigenvalue weighted by Gasteiger charge is -2.58. The van der Waals surface area contributed by atoms with Crippen molar-refractivity contribution in [2.24, 2.45) is 28.6 Å². The first-order chi connectivity index (χ1) is 14.5. The summed E-state index contributed by atoms with van der Waals surface area (Å²) >= 11 is 0. The Hall–Kier alpha value is -1.65. The lowest BCUT2D eigenvalue weighted by atomic mass is 9.47. The zero-order valence-corrected chi connectivity index (χ0v) is 17.9. The maximum absolute atomic E-state index is 12.7. The molecule has 4 aliphatic rings. The van der Waals surface area contributed by atoms with Gasteiger partial charge in [-0.3, -0.25) is 0 Å². The molecule has 0 heterocycles. The first-order valence-corrected chi connectivity index (χ1v) is 11.7. The Kier molecular flexibility index (Phi) is 5.06. The minimum Gasteiger partial charge on any atom is -0.458 e. The molecule has 30 heavy (non-hydrogen) atoms. The van der Waals surface area contributed by atoms with Gasteiger partial charge in [0.1, 0.15) is 6.10 Å². The molecule has 4 nitrogen and oxygen atoms in total. The first kappa shape index (κ1) is 20.3. The number of benzene rings is 1. The molecule has 162 valence electrons. The van der Waals surface area contributed by atoms with E-state index in [4.69, 9.17) is 4.74 Å². The van der Waals surface area contributed by atoms with Gasteiger partial charge in [0.25, 0.3) is 0 Å². The second-order valence-corrected chi connectivity index (χ2v) is 10.4. The highest BCUT2D eigenvalue weighted by Gasteiger charge is 2.60. The molecule has 3 saturated carbocycles. The Morgan fingerprint density at radius 1 is 1.10 bits per heavy atom. The van der Waals surface area contributed by atoms with Crippen molar-refractivity contribution in [2.45, 2.75) is 70.5 Å². The second-order valence-electron chi connectivity index (χ2n) is 10.4. The number of ether oxygens (including phenoxy) is 1. The van der Waals surface area contributed by atoms with E-state index >= 15 is 0 Å². The van der Waals surface area contributed by atoms with Crippen LogP contribution in [0.15, 0.2) is 42.0 Å². The van der Waals surface area contributed by atoms with Crippen LogP contribution >= 0.6 is 0 Å². The molecule has 3 fully saturated rings. The fourth-order valence-corrected chi connectivity index (χ4v) is 7.65. The summed E-state index contributed by atoms with van der Waals surface area (Å²) < 4.78 is 6.08. The molecule has 0 radical (unpaired) electrons. The van der Waals surface area contributed by atoms with Gasteiger partial charge in [-0.15, -0.1) is 0 Å². The van der Waals surface area contributed by atoms with Crippen molar-refractivity contribution in [1.82, 2.24) is 0 Å². The summed E-state index contributed by atoms with van der Waals surface area (Å²) in [6.45, 7) is 2.53. The number of allylic oxidation sites excluding steroid dienone is 1. The molecular weight excluding hydrogens is 376 g/mol. The Balaban J connectivity index is 1.38. The number of aliphatic hydroxyl groups is 2. The number of esters is 1. The Morgan fingerprint density at radius 2 is 1.90 bits per heavy atom. The minimum absolute atomic E-state index is 0.0157. The topological polar surface area (TPSA) is 66.8 Å². The highest BCUT2D eigenvalue weighted by Crippen LogP contribution is 2.65. The third-order valence-electron chi connectivity index (χ3n) is 9.26. The molecule has 0 spiro atoms. The lowest BCUT2D eigenvalue weighted by molar-refractivity contribution is -0.0927. The summed E-state index contributed by atoms with van der Waals surface area (Å²) in [6.07, 6.45) is 9.66. The fourth-order valence-electron chi connectivity index (χ4n) is 7.65. The molecule has 0 saturated heterocycles. The van der Waals surface area contributed by atoms with Crippen LogP contribution in [-0.4, -0.2) is 35.0 Å². The van der Waals surface area contributed by atoms with Gasteiger partial charge in [0.15, 0.2) is 0 Å². The summed E-state index contributed by atoms with van der Waals surface area (Å²) in [5, 5.41) is 20.7. The average molecular weight is 411 g/mol. The number of hydrogen-bond donors (Lipinski definition) is 2. The van der Waals surface area contributed by atoms with E-state index < -0.39 is 0 Å². The molecule has 1 aromatic rings. The SMILES string of the molecule is C[C@@]12CC[C@H]3[C@H](CC=C4C[C@@H](O)CC[C@@]43CO)[C@@H]1CC[C@@H]2OC(=O)c1ccccc1. The van der Waals surface area contributed by atoms with E-state index in [9.17, 15) is 15.0 Å². The predicted octanol–water partition coefficient (Wildman–Crippen LogP) is 4.51. The lowest BCUT2D eigenvalue weighted by Crippen LogP contribution is -2.53. The number of fused-ring (bicyclic) bond motifs is 5. The first-order valence-electron chi connectivity index (χ1n) is 11.7. The van der Waals surface area contributed by atoms with Crippen LogP contribution in [0.1, 0.15) is 68.6 Å². The summed E-state index contributed by atoms with van der Waals surface area (Å²) in [4.78, 5) is 12.7. The van der Waals surface area contributed by atoms with E-state index in [2.05, 4.69) is 13.0 Å². The third kappa shape index (κ3) is 2.98. The highest BCUT2D eigenvalue weighted by atomic mass is 16.5. The number of rotatable bonds is 3. The largest absolute Gasteiger partial charge is 0.458 e. The number of hydrogen-bond acceptors (Lipinski definition) is 4. The normalized spacial score (nSPS) is 42.5. The molecule has 0 aliphatic heterocycles. The van der Waals surface area contributed by atoms with Gasteiger partial charge in [0.2, 0.25) is 0 Å². The molecule has 2 N–H and O–H groups in total. The van der Waals surface area contributed by atoms with E-state index in [1.807, 2.05) is 30.3 Å². The highest BCUT2D eigenvalue weighted by molar-refractivity contribution is 5.89. The number of carbonyl (C=O) groups is 1. The van der Waals surface area contributed by atoms with Crippen LogP contribution < -0.4 is 0 Å². The maximum atomic E-state index is 12.7. The number of aliphatic hydroxyl groups excluding tert-OH is 2. The van der Waals surface area contributed by atoms with Crippen LogP contribution in [0.4, 0.5) is 0 Å². The smallest absolute Gasteiger partial charge is 0.338 e. The van der Waals surface area contributed by atoms with Crippen molar-refractivity contribution < 1.29 is 19.7 Å². The molecule has 4 aliphatic carbocycles. The van der Waals surface area contributed by atoms with Crippen molar-refractivity contribution >= 4 is 5.97 Å². The molecule has 0 aromatic heterocycles. The molecule has 0 amide bonds. The van der Waals surface area contributed by atoms with Gasteiger partial charge >= 0.3 is 5.97 Å². The van der Waals surface area contributed by atoms with Crippen LogP contribution in [0.2, 0.25) is 0 Å². The maximum Gasteiger partial charge on any atom is 0.338 e. The number of carbonyl (C=O) groups excluding carboxylic acids is 1. The van der Waals surface area contributed by atoms with Gasteiger partial charge in [0.05, 0.1) is 18.3 Å². The summed E-state index contributed by atoms with van der Waals surface area (Å²) in [6, 6.07) is 9.32. The van der Waals surface area contributed by atoms with E-state index in [1.165, 1.54) is 5.57 Å². The Bertz CT molecular complexity index is 833. The molecule has 5 rings (SSSR count). The zero-order valence-electron chi connectivity index (χ0n) is 17.9. The summed E-state index contributed by atoms with van der Waals surface area (Å²) in [5.41, 5.74) is 1.81. The molecule has 0 bridgehead atoms. The fraction of sp³-hybridized carbons (Fsp3) is 0.654. The molecule has 0 unspecified atom stereocenters. The minimum atomic E-state index is -0.255. The van der Waals surface area contributed by atoms with Gasteiger partial charge in [-0.1, -0.05) is 36.8 Å². The molecule has 7 atom stereocenters. The van der Waals surface area contributed by atoms with E-state index in [-0.39, 0.29) is 35.6 Å². The average Bonchev–Trinajstić information content (AvgIpc) is 3.10. The monoisotopic (exact) mass is 410 g/mol. The van der Waals surface area contributed by atoms with Gasteiger partial charge < -0.3 is 14.9 Å². The van der Waals surface area contributed by atoms with Gasteiger partial charge in [-0.25, -0.2) is 4.79 Å². The van der Waals surface area contributed by atoms with Crippen molar-refractivity contribution in [3.63, 3.8) is 0 Å². The van der Waals surface area contributed by atoms with Crippen molar-refractivity contribution in [3.8, 4) is 0 Å². The Labute approximate surface area is 179 Å². The molecule has 4 heteroatoms. The van der Waals surface area contributed by atoms with E-state index in [1.54, 1.807) is 0 Å². The predicted molar refractivity (Wildman–Crippen MR) is 115 cm³/mol. The second kappa shape index (κ2) is 7.49. The summed E-state index contributed by atoms with van der Waals surface area (Å²) in [7, 11) is 0. The van der Waals surface area contributed by atoms with Crippen LogP contribution in [0.5, 0.6) is 0 Å². The van der Waals surface area contributed by atoms with E-state index in [0.717, 1.165) is 51.4 Å². The Morgan fingerprint density at radius 3 is 2.67 bits per heavy atom. The quantitative estimate of drug-likeness (QED) is 0.568. The van der Waals surface area contributed by atoms with Crippen molar-refractivity contribution in [1.29, 1.82) is 0 Å². The molecular formula is C26H34O4. The van der Waals surface area contributed by atoms with Crippen LogP contribution in [-0.2, 0) is 4.74 Å². The van der Waals surface area contributed by atoms with Crippen LogP contribution in [0, 0.1) is 28.6 Å². The van der Waals surface area contributed by atoms with Gasteiger partial charge in [-0.05, 0) is 81.3 Å². The standard InChI is InChI=1S/C26H34O4/c1-25-13-12-22-20(8-7-18-15-19(28)11-14-26(18,22)16-27)21(25)9-10-23(25)30-24(29)17-5-3-2-4-6-17/h2-7,19-23,27-28H,8-16H2,1H3/t19-,20+,21-,22-,23-,25+,26+/m0/s1. The van der Waals surface area contributed by atoms with Crippen molar-refractivity contribution in [2.75, 3.05) is 6.61 Å². The van der Waals surface area contributed by atoms with Crippen LogP contribution in [0.25, 0.3) is 0 Å². The van der Waals surface area contributed by atoms with Crippen molar-refractivity contribution in [3.05, 3.63) is 47.5 Å². The molecule has 1 aromatic carbocycles. The van der Waals surface area contributed by atoms with Gasteiger partial charge in [0, 0.05) is 10.8 Å². The summed E-state index contributed by atoms with van der Waals surface area (Å²) in [5.74, 6) is 1.34. The van der Waals surface area contributed by atoms with Gasteiger partial charge in [-0.2, -0.15) is 0 Å². The third-order valence-corrected chi connectivity index (χ3v) is 9.26. The zero-order chi connectivity index (χ0) is 20.9. The van der Waals surface area contributed by atoms with E-state index in [0.29, 0.717) is 23.3 Å². The van der Waals surface area contributed by atoms with Crippen LogP contribution in [0.3, 0.4) is 0 Å².